The molecule has 1 aliphatic rings. The highest BCUT2D eigenvalue weighted by atomic mass is 79.9. The summed E-state index contributed by atoms with van der Waals surface area (Å²) in [6.45, 7) is 1.69. The molecule has 1 aromatic rings. The lowest BCUT2D eigenvalue weighted by Crippen LogP contribution is -2.31. The van der Waals surface area contributed by atoms with E-state index < -0.39 is 0 Å². The molecular weight excluding hydrogens is 324 g/mol. The van der Waals surface area contributed by atoms with E-state index in [2.05, 4.69) is 26.6 Å². The van der Waals surface area contributed by atoms with Crippen molar-refractivity contribution in [2.24, 2.45) is 0 Å². The number of hydrogen-bond acceptors (Lipinski definition) is 3. The molecule has 0 aromatic carbocycles. The van der Waals surface area contributed by atoms with Crippen molar-refractivity contribution in [1.82, 2.24) is 10.6 Å². The first-order valence-corrected chi connectivity index (χ1v) is 7.09. The van der Waals surface area contributed by atoms with Crippen LogP contribution in [-0.4, -0.2) is 18.5 Å². The van der Waals surface area contributed by atoms with Crippen LogP contribution < -0.4 is 10.6 Å². The van der Waals surface area contributed by atoms with Crippen LogP contribution in [0, 0.1) is 0 Å². The Kier molecular flexibility index (Phi) is 6.48. The van der Waals surface area contributed by atoms with E-state index in [1.807, 2.05) is 12.1 Å². The predicted octanol–water partition coefficient (Wildman–Crippen LogP) is 2.69. The van der Waals surface area contributed by atoms with Crippen molar-refractivity contribution in [3.63, 3.8) is 0 Å². The number of thiophene rings is 1. The van der Waals surface area contributed by atoms with Gasteiger partial charge in [-0.15, -0.1) is 23.7 Å². The lowest BCUT2D eigenvalue weighted by atomic mass is 10.1. The summed E-state index contributed by atoms with van der Waals surface area (Å²) in [6, 6.07) is 4.42. The zero-order valence-corrected chi connectivity index (χ0v) is 12.6. The molecule has 1 aliphatic heterocycles. The monoisotopic (exact) mass is 338 g/mol. The van der Waals surface area contributed by atoms with E-state index in [0.717, 1.165) is 16.8 Å². The second kappa shape index (κ2) is 7.36. The van der Waals surface area contributed by atoms with E-state index in [-0.39, 0.29) is 18.3 Å². The number of carbonyl (C=O) groups is 1. The van der Waals surface area contributed by atoms with Gasteiger partial charge in [-0.25, -0.2) is 0 Å². The van der Waals surface area contributed by atoms with Crippen molar-refractivity contribution in [2.75, 3.05) is 6.54 Å². The molecule has 1 atom stereocenters. The third-order valence-electron chi connectivity index (χ3n) is 2.68. The van der Waals surface area contributed by atoms with Crippen LogP contribution >= 0.6 is 39.7 Å². The minimum Gasteiger partial charge on any atom is -0.351 e. The zero-order chi connectivity index (χ0) is 11.4. The first-order chi connectivity index (χ1) is 7.74. The maximum absolute atomic E-state index is 11.6. The average Bonchev–Trinajstić information content (AvgIpc) is 2.87. The molecule has 96 valence electrons. The fourth-order valence-corrected chi connectivity index (χ4v) is 3.28. The lowest BCUT2D eigenvalue weighted by Gasteiger charge is -2.09. The summed E-state index contributed by atoms with van der Waals surface area (Å²) in [6.07, 6.45) is 2.92. The molecule has 0 saturated carbocycles. The summed E-state index contributed by atoms with van der Waals surface area (Å²) in [5.74, 6) is 0.143. The highest BCUT2D eigenvalue weighted by Gasteiger charge is 2.17. The molecule has 1 unspecified atom stereocenters. The molecule has 1 fully saturated rings. The van der Waals surface area contributed by atoms with E-state index in [0.29, 0.717) is 19.0 Å². The van der Waals surface area contributed by atoms with E-state index in [4.69, 9.17) is 0 Å². The Hall–Kier alpha value is -0.100. The quantitative estimate of drug-likeness (QED) is 0.885. The molecule has 1 saturated heterocycles. The van der Waals surface area contributed by atoms with Gasteiger partial charge in [0.15, 0.2) is 0 Å². The van der Waals surface area contributed by atoms with Crippen LogP contribution in [0.1, 0.15) is 24.1 Å². The van der Waals surface area contributed by atoms with Crippen molar-refractivity contribution in [2.45, 2.75) is 31.8 Å². The largest absolute Gasteiger partial charge is 0.351 e. The Morgan fingerprint density at radius 3 is 3.00 bits per heavy atom. The van der Waals surface area contributed by atoms with Crippen LogP contribution in [-0.2, 0) is 11.3 Å². The van der Waals surface area contributed by atoms with Crippen molar-refractivity contribution >= 4 is 45.6 Å². The van der Waals surface area contributed by atoms with Crippen molar-refractivity contribution < 1.29 is 4.79 Å². The minimum absolute atomic E-state index is 0. The fourth-order valence-electron chi connectivity index (χ4n) is 1.86. The third-order valence-corrected chi connectivity index (χ3v) is 4.31. The number of halogens is 2. The number of carbonyl (C=O) groups excluding carboxylic acids is 1. The maximum atomic E-state index is 11.6. The van der Waals surface area contributed by atoms with Gasteiger partial charge in [-0.2, -0.15) is 0 Å². The minimum atomic E-state index is 0. The molecule has 17 heavy (non-hydrogen) atoms. The molecule has 1 aromatic heterocycles. The summed E-state index contributed by atoms with van der Waals surface area (Å²) in [7, 11) is 0. The summed E-state index contributed by atoms with van der Waals surface area (Å²) in [5, 5.41) is 6.27. The number of hydrogen-bond donors (Lipinski definition) is 2. The van der Waals surface area contributed by atoms with E-state index in [9.17, 15) is 4.79 Å². The molecule has 1 amide bonds. The fraction of sp³-hybridized carbons (Fsp3) is 0.545. The highest BCUT2D eigenvalue weighted by Crippen LogP contribution is 2.21. The van der Waals surface area contributed by atoms with Gasteiger partial charge in [0.05, 0.1) is 10.3 Å². The molecule has 0 radical (unpaired) electrons. The van der Waals surface area contributed by atoms with Gasteiger partial charge in [0.1, 0.15) is 0 Å². The van der Waals surface area contributed by atoms with Crippen molar-refractivity contribution in [3.8, 4) is 0 Å². The Morgan fingerprint density at radius 1 is 1.59 bits per heavy atom. The van der Waals surface area contributed by atoms with Gasteiger partial charge in [0.2, 0.25) is 5.91 Å². The average molecular weight is 340 g/mol. The van der Waals surface area contributed by atoms with Gasteiger partial charge >= 0.3 is 0 Å². The summed E-state index contributed by atoms with van der Waals surface area (Å²) >= 11 is 5.06. The van der Waals surface area contributed by atoms with Crippen LogP contribution in [0.3, 0.4) is 0 Å². The summed E-state index contributed by atoms with van der Waals surface area (Å²) < 4.78 is 1.11. The van der Waals surface area contributed by atoms with Crippen LogP contribution in [0.5, 0.6) is 0 Å². The standard InChI is InChI=1S/C11H15BrN2OS.ClH/c12-10-4-3-9(16-10)7-14-11(15)6-8-2-1-5-13-8;/h3-4,8,13H,1-2,5-7H2,(H,14,15);1H. The van der Waals surface area contributed by atoms with Crippen LogP contribution in [0.15, 0.2) is 15.9 Å². The Balaban J connectivity index is 0.00000144. The normalized spacial score (nSPS) is 18.8. The second-order valence-electron chi connectivity index (χ2n) is 3.98. The molecule has 0 bridgehead atoms. The van der Waals surface area contributed by atoms with Crippen molar-refractivity contribution in [1.29, 1.82) is 0 Å². The number of amides is 1. The molecule has 2 rings (SSSR count). The van der Waals surface area contributed by atoms with Crippen LogP contribution in [0.2, 0.25) is 0 Å². The zero-order valence-electron chi connectivity index (χ0n) is 9.37. The smallest absolute Gasteiger partial charge is 0.221 e. The van der Waals surface area contributed by atoms with Gasteiger partial charge in [-0.3, -0.25) is 4.79 Å². The second-order valence-corrected chi connectivity index (χ2v) is 6.53. The molecule has 0 spiro atoms. The Labute approximate surface area is 120 Å². The predicted molar refractivity (Wildman–Crippen MR) is 76.8 cm³/mol. The molecule has 2 heterocycles. The molecule has 2 N–H and O–H groups in total. The number of rotatable bonds is 4. The van der Waals surface area contributed by atoms with Crippen LogP contribution in [0.25, 0.3) is 0 Å². The lowest BCUT2D eigenvalue weighted by molar-refractivity contribution is -0.121. The summed E-state index contributed by atoms with van der Waals surface area (Å²) in [4.78, 5) is 12.8. The van der Waals surface area contributed by atoms with Gasteiger partial charge in [0, 0.05) is 17.3 Å². The van der Waals surface area contributed by atoms with Gasteiger partial charge in [0.25, 0.3) is 0 Å². The topological polar surface area (TPSA) is 41.1 Å². The van der Waals surface area contributed by atoms with Gasteiger partial charge in [-0.1, -0.05) is 0 Å². The maximum Gasteiger partial charge on any atom is 0.221 e. The summed E-state index contributed by atoms with van der Waals surface area (Å²) in [5.41, 5.74) is 0. The van der Waals surface area contributed by atoms with E-state index in [1.165, 1.54) is 11.3 Å². The van der Waals surface area contributed by atoms with Crippen molar-refractivity contribution in [3.05, 3.63) is 20.8 Å². The SMILES string of the molecule is Cl.O=C(CC1CCCN1)NCc1ccc(Br)s1. The molecular formula is C11H16BrClN2OS. The van der Waals surface area contributed by atoms with Gasteiger partial charge in [-0.05, 0) is 47.4 Å². The van der Waals surface area contributed by atoms with Crippen LogP contribution in [0.4, 0.5) is 0 Å². The Morgan fingerprint density at radius 2 is 2.41 bits per heavy atom. The first-order valence-electron chi connectivity index (χ1n) is 5.48. The van der Waals surface area contributed by atoms with E-state index >= 15 is 0 Å². The molecule has 0 aliphatic carbocycles. The Bertz CT molecular complexity index is 366. The highest BCUT2D eigenvalue weighted by molar-refractivity contribution is 9.11. The molecule has 3 nitrogen and oxygen atoms in total. The molecule has 6 heteroatoms. The van der Waals surface area contributed by atoms with Gasteiger partial charge < -0.3 is 10.6 Å². The van der Waals surface area contributed by atoms with E-state index in [1.54, 1.807) is 11.3 Å². The first kappa shape index (κ1) is 15.0. The number of nitrogens with one attached hydrogen (secondary N) is 2. The third kappa shape index (κ3) is 4.95.